The van der Waals surface area contributed by atoms with Gasteiger partial charge >= 0.3 is 0 Å². The second-order valence-corrected chi connectivity index (χ2v) is 6.40. The molecule has 1 amide bonds. The molecule has 2 N–H and O–H groups in total. The molecule has 0 radical (unpaired) electrons. The van der Waals surface area contributed by atoms with Gasteiger partial charge in [0.05, 0.1) is 12.0 Å². The van der Waals surface area contributed by atoms with Gasteiger partial charge in [-0.15, -0.1) is 0 Å². The molecule has 2 atom stereocenters. The molecule has 0 spiro atoms. The first-order valence-corrected chi connectivity index (χ1v) is 7.87. The molecule has 22 heavy (non-hydrogen) atoms. The van der Waals surface area contributed by atoms with E-state index in [9.17, 15) is 9.90 Å². The van der Waals surface area contributed by atoms with Gasteiger partial charge in [-0.25, -0.2) is 0 Å². The average Bonchev–Trinajstić information content (AvgIpc) is 2.81. The Morgan fingerprint density at radius 1 is 1.41 bits per heavy atom. The van der Waals surface area contributed by atoms with Crippen LogP contribution < -0.4 is 5.32 Å². The number of para-hydroxylation sites is 1. The predicted octanol–water partition coefficient (Wildman–Crippen LogP) is 2.63. The van der Waals surface area contributed by atoms with Crippen LogP contribution >= 0.6 is 0 Å². The summed E-state index contributed by atoms with van der Waals surface area (Å²) in [7, 11) is 1.98. The number of fused-ring (bicyclic) bond motifs is 1. The van der Waals surface area contributed by atoms with Gasteiger partial charge in [0, 0.05) is 30.7 Å². The van der Waals surface area contributed by atoms with E-state index in [1.165, 1.54) is 0 Å². The van der Waals surface area contributed by atoms with Crippen LogP contribution in [0, 0.1) is 5.92 Å². The highest BCUT2D eigenvalue weighted by Gasteiger charge is 2.27. The van der Waals surface area contributed by atoms with E-state index in [1.54, 1.807) is 6.92 Å². The summed E-state index contributed by atoms with van der Waals surface area (Å²) in [6.07, 6.45) is 3.21. The van der Waals surface area contributed by atoms with E-state index in [-0.39, 0.29) is 18.4 Å². The highest BCUT2D eigenvalue weighted by Crippen LogP contribution is 2.21. The van der Waals surface area contributed by atoms with Gasteiger partial charge in [0.1, 0.15) is 0 Å². The maximum absolute atomic E-state index is 12.2. The van der Waals surface area contributed by atoms with Crippen molar-refractivity contribution in [2.45, 2.75) is 39.2 Å². The summed E-state index contributed by atoms with van der Waals surface area (Å²) >= 11 is 0. The number of benzene rings is 1. The highest BCUT2D eigenvalue weighted by atomic mass is 16.3. The van der Waals surface area contributed by atoms with Crippen LogP contribution in [0.15, 0.2) is 30.5 Å². The van der Waals surface area contributed by atoms with Crippen LogP contribution in [0.25, 0.3) is 10.9 Å². The van der Waals surface area contributed by atoms with Gasteiger partial charge in [-0.1, -0.05) is 38.5 Å². The number of nitrogens with zero attached hydrogens (tertiary/aromatic N) is 1. The fourth-order valence-corrected chi connectivity index (χ4v) is 2.69. The smallest absolute Gasteiger partial charge is 0.224 e. The number of hydrogen-bond donors (Lipinski definition) is 2. The summed E-state index contributed by atoms with van der Waals surface area (Å²) in [6, 6.07) is 8.06. The lowest BCUT2D eigenvalue weighted by Gasteiger charge is -2.29. The second-order valence-electron chi connectivity index (χ2n) is 6.40. The lowest BCUT2D eigenvalue weighted by atomic mass is 9.88. The molecule has 0 aliphatic heterocycles. The van der Waals surface area contributed by atoms with Gasteiger partial charge in [-0.2, -0.15) is 0 Å². The first-order valence-electron chi connectivity index (χ1n) is 7.87. The van der Waals surface area contributed by atoms with Crippen molar-refractivity contribution in [3.05, 3.63) is 36.0 Å². The number of hydrogen-bond acceptors (Lipinski definition) is 2. The number of nitrogens with one attached hydrogen (secondary N) is 1. The van der Waals surface area contributed by atoms with E-state index in [1.807, 2.05) is 55.9 Å². The first kappa shape index (κ1) is 16.6. The second kappa shape index (κ2) is 6.53. The van der Waals surface area contributed by atoms with E-state index >= 15 is 0 Å². The van der Waals surface area contributed by atoms with Crippen LogP contribution in [0.3, 0.4) is 0 Å². The Bertz CT molecular complexity index is 658. The third kappa shape index (κ3) is 3.50. The Balaban J connectivity index is 2.03. The number of rotatable bonds is 6. The Morgan fingerprint density at radius 2 is 2.09 bits per heavy atom. The topological polar surface area (TPSA) is 54.3 Å². The lowest BCUT2D eigenvalue weighted by Crippen LogP contribution is -2.45. The minimum atomic E-state index is -0.872. The first-order chi connectivity index (χ1) is 10.3. The Morgan fingerprint density at radius 3 is 2.77 bits per heavy atom. The van der Waals surface area contributed by atoms with Crippen molar-refractivity contribution < 1.29 is 9.90 Å². The summed E-state index contributed by atoms with van der Waals surface area (Å²) in [5.74, 6) is 0.0882. The Labute approximate surface area is 132 Å². The number of aryl methyl sites for hydroxylation is 1. The quantitative estimate of drug-likeness (QED) is 0.862. The zero-order valence-corrected chi connectivity index (χ0v) is 13.9. The average molecular weight is 302 g/mol. The normalized spacial score (nSPS) is 15.5. The molecular formula is C18H26N2O2. The van der Waals surface area contributed by atoms with Crippen molar-refractivity contribution in [3.63, 3.8) is 0 Å². The van der Waals surface area contributed by atoms with Gasteiger partial charge in [-0.3, -0.25) is 4.79 Å². The minimum absolute atomic E-state index is 0.0556. The molecule has 0 bridgehead atoms. The van der Waals surface area contributed by atoms with Crippen molar-refractivity contribution >= 4 is 16.8 Å². The molecule has 120 valence electrons. The van der Waals surface area contributed by atoms with Crippen molar-refractivity contribution in [2.75, 3.05) is 6.54 Å². The van der Waals surface area contributed by atoms with Crippen LogP contribution in [0.1, 0.15) is 32.8 Å². The molecule has 1 aromatic heterocycles. The van der Waals surface area contributed by atoms with Gasteiger partial charge in [0.25, 0.3) is 0 Å². The molecule has 2 aromatic rings. The van der Waals surface area contributed by atoms with Gasteiger partial charge in [0.2, 0.25) is 5.91 Å². The van der Waals surface area contributed by atoms with E-state index in [0.29, 0.717) is 6.42 Å². The molecular weight excluding hydrogens is 276 g/mol. The predicted molar refractivity (Wildman–Crippen MR) is 89.7 cm³/mol. The molecule has 2 rings (SSSR count). The van der Waals surface area contributed by atoms with E-state index in [4.69, 9.17) is 0 Å². The van der Waals surface area contributed by atoms with Gasteiger partial charge < -0.3 is 15.0 Å². The molecule has 1 aromatic carbocycles. The monoisotopic (exact) mass is 302 g/mol. The van der Waals surface area contributed by atoms with Crippen molar-refractivity contribution in [1.82, 2.24) is 9.88 Å². The van der Waals surface area contributed by atoms with Crippen LogP contribution in [0.5, 0.6) is 0 Å². The molecule has 4 heteroatoms. The summed E-state index contributed by atoms with van der Waals surface area (Å²) in [5, 5.41) is 14.3. The van der Waals surface area contributed by atoms with Crippen LogP contribution in [-0.4, -0.2) is 27.7 Å². The summed E-state index contributed by atoms with van der Waals surface area (Å²) < 4.78 is 2.03. The van der Waals surface area contributed by atoms with Crippen LogP contribution in [-0.2, 0) is 18.3 Å². The molecule has 0 fully saturated rings. The number of carbonyl (C=O) groups excluding carboxylic acids is 1. The maximum atomic E-state index is 12.2. The maximum Gasteiger partial charge on any atom is 0.224 e. The highest BCUT2D eigenvalue weighted by molar-refractivity contribution is 5.89. The fraction of sp³-hybridized carbons (Fsp3) is 0.500. The van der Waals surface area contributed by atoms with E-state index in [0.717, 1.165) is 22.9 Å². The van der Waals surface area contributed by atoms with E-state index < -0.39 is 5.60 Å². The molecule has 1 heterocycles. The summed E-state index contributed by atoms with van der Waals surface area (Å²) in [6.45, 7) is 6.10. The zero-order valence-electron chi connectivity index (χ0n) is 13.9. The number of carbonyl (C=O) groups is 1. The standard InChI is InChI=1S/C18H26N2O2/c1-5-13(2)18(3,22)12-19-17(21)10-14-11-20(4)16-9-7-6-8-15(14)16/h6-9,11,13,22H,5,10,12H2,1-4H3,(H,19,21). The van der Waals surface area contributed by atoms with Gasteiger partial charge in [-0.05, 0) is 24.5 Å². The summed E-state index contributed by atoms with van der Waals surface area (Å²) in [5.41, 5.74) is 1.26. The SMILES string of the molecule is CCC(C)C(C)(O)CNC(=O)Cc1cn(C)c2ccccc12. The Kier molecular flexibility index (Phi) is 4.91. The third-order valence-electron chi connectivity index (χ3n) is 4.65. The van der Waals surface area contributed by atoms with Crippen molar-refractivity contribution in [1.29, 1.82) is 0 Å². The van der Waals surface area contributed by atoms with Crippen LogP contribution in [0.4, 0.5) is 0 Å². The molecule has 4 nitrogen and oxygen atoms in total. The Hall–Kier alpha value is -1.81. The lowest BCUT2D eigenvalue weighted by molar-refractivity contribution is -0.122. The van der Waals surface area contributed by atoms with Gasteiger partial charge in [0.15, 0.2) is 0 Å². The molecule has 0 saturated carbocycles. The number of aliphatic hydroxyl groups is 1. The largest absolute Gasteiger partial charge is 0.388 e. The zero-order chi connectivity index (χ0) is 16.3. The van der Waals surface area contributed by atoms with Crippen molar-refractivity contribution in [3.8, 4) is 0 Å². The third-order valence-corrected chi connectivity index (χ3v) is 4.65. The summed E-state index contributed by atoms with van der Waals surface area (Å²) in [4.78, 5) is 12.2. The van der Waals surface area contributed by atoms with Crippen LogP contribution in [0.2, 0.25) is 0 Å². The van der Waals surface area contributed by atoms with E-state index in [2.05, 4.69) is 5.32 Å². The number of amides is 1. The van der Waals surface area contributed by atoms with Crippen molar-refractivity contribution in [2.24, 2.45) is 13.0 Å². The fourth-order valence-electron chi connectivity index (χ4n) is 2.69. The minimum Gasteiger partial charge on any atom is -0.388 e. The molecule has 0 aliphatic carbocycles. The molecule has 0 saturated heterocycles. The molecule has 2 unspecified atom stereocenters. The molecule has 0 aliphatic rings. The number of aromatic nitrogens is 1.